The number of tetrazole rings is 1. The molecule has 0 radical (unpaired) electrons. The third-order valence-electron chi connectivity index (χ3n) is 5.25. The Morgan fingerprint density at radius 1 is 1.00 bits per heavy atom. The number of rotatable bonds is 4. The summed E-state index contributed by atoms with van der Waals surface area (Å²) in [6, 6.07) is 14.1. The molecule has 2 aromatic carbocycles. The highest BCUT2D eigenvalue weighted by Crippen LogP contribution is 2.42. The Bertz CT molecular complexity index is 907. The molecule has 0 aliphatic heterocycles. The molecule has 0 amide bonds. The number of benzene rings is 2. The lowest BCUT2D eigenvalue weighted by Crippen LogP contribution is -2.36. The minimum atomic E-state index is -0.316. The molecule has 0 bridgehead atoms. The summed E-state index contributed by atoms with van der Waals surface area (Å²) < 4.78 is 1.90. The Kier molecular flexibility index (Phi) is 4.41. The number of para-hydroxylation sites is 2. The van der Waals surface area contributed by atoms with E-state index in [0.29, 0.717) is 5.02 Å². The molecule has 1 aliphatic rings. The van der Waals surface area contributed by atoms with Crippen LogP contribution in [0, 0.1) is 13.8 Å². The molecule has 6 heteroatoms. The molecule has 134 valence electrons. The summed E-state index contributed by atoms with van der Waals surface area (Å²) >= 11 is 6.41. The lowest BCUT2D eigenvalue weighted by atomic mass is 9.95. The summed E-state index contributed by atoms with van der Waals surface area (Å²) in [5.74, 6) is 0.854. The fraction of sp³-hybridized carbons (Fsp3) is 0.350. The number of hydrogen-bond acceptors (Lipinski definition) is 4. The smallest absolute Gasteiger partial charge is 0.181 e. The van der Waals surface area contributed by atoms with Crippen LogP contribution in [0.25, 0.3) is 5.69 Å². The van der Waals surface area contributed by atoms with Crippen molar-refractivity contribution in [1.82, 2.24) is 20.2 Å². The molecule has 1 saturated carbocycles. The molecule has 1 aromatic heterocycles. The molecular formula is C20H22ClN5. The highest BCUT2D eigenvalue weighted by Gasteiger charge is 2.41. The minimum Gasteiger partial charge on any atom is -0.371 e. The normalized spacial score (nSPS) is 16.0. The van der Waals surface area contributed by atoms with Crippen molar-refractivity contribution in [3.8, 4) is 5.69 Å². The van der Waals surface area contributed by atoms with E-state index in [0.717, 1.165) is 54.0 Å². The fourth-order valence-corrected chi connectivity index (χ4v) is 4.16. The molecular weight excluding hydrogens is 346 g/mol. The van der Waals surface area contributed by atoms with Crippen molar-refractivity contribution in [2.75, 3.05) is 5.32 Å². The second-order valence-electron chi connectivity index (χ2n) is 7.05. The van der Waals surface area contributed by atoms with Crippen molar-refractivity contribution in [1.29, 1.82) is 0 Å². The van der Waals surface area contributed by atoms with Crippen LogP contribution in [0.15, 0.2) is 42.5 Å². The van der Waals surface area contributed by atoms with Gasteiger partial charge < -0.3 is 5.32 Å². The van der Waals surface area contributed by atoms with Crippen LogP contribution in [-0.4, -0.2) is 20.2 Å². The van der Waals surface area contributed by atoms with E-state index in [1.54, 1.807) is 0 Å². The largest absolute Gasteiger partial charge is 0.371 e. The maximum atomic E-state index is 6.41. The van der Waals surface area contributed by atoms with Gasteiger partial charge in [-0.1, -0.05) is 54.8 Å². The minimum absolute atomic E-state index is 0.316. The van der Waals surface area contributed by atoms with Gasteiger partial charge in [-0.15, -0.1) is 5.10 Å². The molecule has 0 unspecified atom stereocenters. The fourth-order valence-electron chi connectivity index (χ4n) is 3.98. The number of aromatic nitrogens is 4. The van der Waals surface area contributed by atoms with Crippen molar-refractivity contribution in [2.24, 2.45) is 0 Å². The van der Waals surface area contributed by atoms with Gasteiger partial charge in [-0.25, -0.2) is 0 Å². The molecule has 5 nitrogen and oxygen atoms in total. The summed E-state index contributed by atoms with van der Waals surface area (Å²) in [5.41, 5.74) is 3.98. The topological polar surface area (TPSA) is 55.6 Å². The van der Waals surface area contributed by atoms with Gasteiger partial charge in [0.1, 0.15) is 0 Å². The number of nitrogens with zero attached hydrogens (tertiary/aromatic N) is 4. The molecule has 0 atom stereocenters. The monoisotopic (exact) mass is 367 g/mol. The molecule has 0 saturated heterocycles. The van der Waals surface area contributed by atoms with Gasteiger partial charge in [0.25, 0.3) is 0 Å². The highest BCUT2D eigenvalue weighted by molar-refractivity contribution is 6.33. The number of aryl methyl sites for hydroxylation is 2. The molecule has 1 N–H and O–H groups in total. The number of anilines is 1. The lowest BCUT2D eigenvalue weighted by molar-refractivity contribution is 0.461. The van der Waals surface area contributed by atoms with Crippen LogP contribution in [0.4, 0.5) is 5.69 Å². The Labute approximate surface area is 158 Å². The zero-order chi connectivity index (χ0) is 18.1. The van der Waals surface area contributed by atoms with Crippen LogP contribution >= 0.6 is 11.6 Å². The van der Waals surface area contributed by atoms with E-state index in [-0.39, 0.29) is 5.54 Å². The van der Waals surface area contributed by atoms with Gasteiger partial charge in [0, 0.05) is 0 Å². The summed E-state index contributed by atoms with van der Waals surface area (Å²) in [6.07, 6.45) is 4.22. The Balaban J connectivity index is 1.83. The van der Waals surface area contributed by atoms with Crippen LogP contribution in [0.2, 0.25) is 5.02 Å². The average Bonchev–Trinajstić information content (AvgIpc) is 3.27. The first-order valence-electron chi connectivity index (χ1n) is 8.99. The average molecular weight is 368 g/mol. The summed E-state index contributed by atoms with van der Waals surface area (Å²) in [5, 5.41) is 17.2. The quantitative estimate of drug-likeness (QED) is 0.718. The zero-order valence-electron chi connectivity index (χ0n) is 15.0. The summed E-state index contributed by atoms with van der Waals surface area (Å²) in [4.78, 5) is 0. The van der Waals surface area contributed by atoms with Crippen LogP contribution in [0.5, 0.6) is 0 Å². The van der Waals surface area contributed by atoms with E-state index in [1.165, 1.54) is 0 Å². The maximum Gasteiger partial charge on any atom is 0.181 e. The van der Waals surface area contributed by atoms with Crippen molar-refractivity contribution < 1.29 is 0 Å². The first-order chi connectivity index (χ1) is 12.6. The number of nitrogens with one attached hydrogen (secondary N) is 1. The summed E-state index contributed by atoms with van der Waals surface area (Å²) in [7, 11) is 0. The van der Waals surface area contributed by atoms with Gasteiger partial charge in [0.05, 0.1) is 21.9 Å². The molecule has 1 aliphatic carbocycles. The van der Waals surface area contributed by atoms with E-state index in [2.05, 4.69) is 52.9 Å². The van der Waals surface area contributed by atoms with Crippen LogP contribution < -0.4 is 5.32 Å². The number of hydrogen-bond donors (Lipinski definition) is 1. The van der Waals surface area contributed by atoms with Gasteiger partial charge in [-0.3, -0.25) is 0 Å². The third kappa shape index (κ3) is 2.86. The van der Waals surface area contributed by atoms with E-state index in [9.17, 15) is 0 Å². The Morgan fingerprint density at radius 2 is 1.69 bits per heavy atom. The van der Waals surface area contributed by atoms with Gasteiger partial charge in [0.2, 0.25) is 0 Å². The Morgan fingerprint density at radius 3 is 2.38 bits per heavy atom. The second kappa shape index (κ2) is 6.72. The molecule has 3 aromatic rings. The second-order valence-corrected chi connectivity index (χ2v) is 7.46. The summed E-state index contributed by atoms with van der Waals surface area (Å²) in [6.45, 7) is 4.19. The standard InChI is InChI=1S/C20H22ClN5/c1-14-8-7-9-15(2)18(14)26-19(23-24-25-26)20(12-5-6-13-20)22-17-11-4-3-10-16(17)21/h3-4,7-11,22H,5-6,12-13H2,1-2H3. The first-order valence-corrected chi connectivity index (χ1v) is 9.37. The first kappa shape index (κ1) is 17.0. The van der Waals surface area contributed by atoms with E-state index < -0.39 is 0 Å². The molecule has 1 fully saturated rings. The third-order valence-corrected chi connectivity index (χ3v) is 5.58. The van der Waals surface area contributed by atoms with Crippen molar-refractivity contribution in [2.45, 2.75) is 45.1 Å². The van der Waals surface area contributed by atoms with Gasteiger partial charge in [-0.05, 0) is 60.4 Å². The van der Waals surface area contributed by atoms with Crippen molar-refractivity contribution in [3.63, 3.8) is 0 Å². The van der Waals surface area contributed by atoms with Crippen LogP contribution in [-0.2, 0) is 5.54 Å². The number of halogens is 1. The zero-order valence-corrected chi connectivity index (χ0v) is 15.8. The SMILES string of the molecule is Cc1cccc(C)c1-n1nnnc1C1(Nc2ccccc2Cl)CCCC1. The molecule has 26 heavy (non-hydrogen) atoms. The van der Waals surface area contributed by atoms with Crippen LogP contribution in [0.1, 0.15) is 42.6 Å². The predicted octanol–water partition coefficient (Wildman–Crippen LogP) is 4.81. The van der Waals surface area contributed by atoms with E-state index >= 15 is 0 Å². The van der Waals surface area contributed by atoms with Gasteiger partial charge >= 0.3 is 0 Å². The highest BCUT2D eigenvalue weighted by atomic mass is 35.5. The van der Waals surface area contributed by atoms with Crippen molar-refractivity contribution >= 4 is 17.3 Å². The van der Waals surface area contributed by atoms with Gasteiger partial charge in [-0.2, -0.15) is 4.68 Å². The van der Waals surface area contributed by atoms with E-state index in [4.69, 9.17) is 11.6 Å². The maximum absolute atomic E-state index is 6.41. The van der Waals surface area contributed by atoms with E-state index in [1.807, 2.05) is 28.9 Å². The van der Waals surface area contributed by atoms with Crippen LogP contribution in [0.3, 0.4) is 0 Å². The molecule has 1 heterocycles. The lowest BCUT2D eigenvalue weighted by Gasteiger charge is -2.31. The Hall–Kier alpha value is -2.40. The predicted molar refractivity (Wildman–Crippen MR) is 104 cm³/mol. The van der Waals surface area contributed by atoms with Gasteiger partial charge in [0.15, 0.2) is 5.82 Å². The molecule has 0 spiro atoms. The van der Waals surface area contributed by atoms with Crippen molar-refractivity contribution in [3.05, 3.63) is 64.4 Å². The molecule has 4 rings (SSSR count).